The summed E-state index contributed by atoms with van der Waals surface area (Å²) in [5.41, 5.74) is 0.411. The minimum absolute atomic E-state index is 0.0465. The number of hydrogen-bond donors (Lipinski definition) is 1. The lowest BCUT2D eigenvalue weighted by molar-refractivity contribution is -0.117. The summed E-state index contributed by atoms with van der Waals surface area (Å²) in [6, 6.07) is 0.388. The van der Waals surface area contributed by atoms with E-state index in [9.17, 15) is 4.79 Å². The van der Waals surface area contributed by atoms with Crippen molar-refractivity contribution in [2.45, 2.75) is 46.1 Å². The van der Waals surface area contributed by atoms with Gasteiger partial charge >= 0.3 is 0 Å². The van der Waals surface area contributed by atoms with Crippen molar-refractivity contribution in [3.05, 3.63) is 12.2 Å². The van der Waals surface area contributed by atoms with Crippen molar-refractivity contribution < 1.29 is 4.79 Å². The summed E-state index contributed by atoms with van der Waals surface area (Å²) in [5, 5.41) is 3.01. The molecule has 13 heavy (non-hydrogen) atoms. The van der Waals surface area contributed by atoms with Crippen molar-refractivity contribution in [2.75, 3.05) is 0 Å². The fourth-order valence-electron chi connectivity index (χ4n) is 1.96. The lowest BCUT2D eigenvalue weighted by atomic mass is 9.92. The highest BCUT2D eigenvalue weighted by atomic mass is 16.1. The van der Waals surface area contributed by atoms with Crippen molar-refractivity contribution in [1.82, 2.24) is 5.32 Å². The number of carbonyl (C=O) groups excluding carboxylic acids is 1. The van der Waals surface area contributed by atoms with Gasteiger partial charge in [-0.3, -0.25) is 4.79 Å². The van der Waals surface area contributed by atoms with Crippen LogP contribution in [0.25, 0.3) is 0 Å². The molecule has 1 unspecified atom stereocenters. The fourth-order valence-corrected chi connectivity index (χ4v) is 1.96. The van der Waals surface area contributed by atoms with Crippen LogP contribution in [0.15, 0.2) is 12.2 Å². The molecule has 0 saturated heterocycles. The third-order valence-electron chi connectivity index (χ3n) is 2.63. The zero-order valence-electron chi connectivity index (χ0n) is 8.76. The second kappa shape index (κ2) is 3.95. The summed E-state index contributed by atoms with van der Waals surface area (Å²) < 4.78 is 0. The van der Waals surface area contributed by atoms with E-state index in [1.54, 1.807) is 12.2 Å². The first-order valence-electron chi connectivity index (χ1n) is 4.97. The lowest BCUT2D eigenvalue weighted by Gasteiger charge is -2.17. The van der Waals surface area contributed by atoms with Gasteiger partial charge in [-0.25, -0.2) is 0 Å². The zero-order chi connectivity index (χ0) is 9.90. The molecule has 0 heterocycles. The molecule has 1 amide bonds. The number of hydrogen-bond acceptors (Lipinski definition) is 1. The summed E-state index contributed by atoms with van der Waals surface area (Å²) in [6.45, 7) is 6.38. The summed E-state index contributed by atoms with van der Waals surface area (Å²) >= 11 is 0. The van der Waals surface area contributed by atoms with E-state index < -0.39 is 0 Å². The van der Waals surface area contributed by atoms with Gasteiger partial charge in [-0.1, -0.05) is 19.9 Å². The van der Waals surface area contributed by atoms with E-state index in [-0.39, 0.29) is 5.91 Å². The molecular formula is C11H19NO. The van der Waals surface area contributed by atoms with E-state index in [0.29, 0.717) is 11.5 Å². The van der Waals surface area contributed by atoms with Gasteiger partial charge < -0.3 is 5.32 Å². The van der Waals surface area contributed by atoms with Crippen LogP contribution < -0.4 is 5.32 Å². The molecule has 1 atom stereocenters. The summed E-state index contributed by atoms with van der Waals surface area (Å²) in [6.07, 6.45) is 6.81. The molecule has 2 nitrogen and oxygen atoms in total. The van der Waals surface area contributed by atoms with Crippen LogP contribution in [-0.2, 0) is 4.79 Å². The Labute approximate surface area is 80.4 Å². The molecule has 1 saturated carbocycles. The van der Waals surface area contributed by atoms with Crippen molar-refractivity contribution >= 4 is 5.91 Å². The van der Waals surface area contributed by atoms with Gasteiger partial charge in [0.05, 0.1) is 0 Å². The standard InChI is InChI=1S/C11H19NO/c1-4-5-10(13)12-9-6-7-11(2,3)8-9/h4-5,9H,6-8H2,1-3H3,(H,12,13)/b5-4+. The maximum absolute atomic E-state index is 11.2. The van der Waals surface area contributed by atoms with Crippen LogP contribution in [0.4, 0.5) is 0 Å². The molecule has 74 valence electrons. The topological polar surface area (TPSA) is 29.1 Å². The number of allylic oxidation sites excluding steroid dienone is 1. The summed E-state index contributed by atoms with van der Waals surface area (Å²) in [5.74, 6) is 0.0465. The molecule has 1 aliphatic carbocycles. The second-order valence-electron chi connectivity index (χ2n) is 4.61. The van der Waals surface area contributed by atoms with Crippen LogP contribution in [0.2, 0.25) is 0 Å². The van der Waals surface area contributed by atoms with E-state index in [0.717, 1.165) is 12.8 Å². The Hall–Kier alpha value is -0.790. The Kier molecular flexibility index (Phi) is 3.12. The van der Waals surface area contributed by atoms with Crippen molar-refractivity contribution in [2.24, 2.45) is 5.41 Å². The third-order valence-corrected chi connectivity index (χ3v) is 2.63. The number of nitrogens with one attached hydrogen (secondary N) is 1. The maximum atomic E-state index is 11.2. The van der Waals surface area contributed by atoms with Crippen molar-refractivity contribution in [3.63, 3.8) is 0 Å². The maximum Gasteiger partial charge on any atom is 0.243 e. The average molecular weight is 181 g/mol. The number of rotatable bonds is 2. The van der Waals surface area contributed by atoms with Gasteiger partial charge in [-0.05, 0) is 37.7 Å². The van der Waals surface area contributed by atoms with Crippen molar-refractivity contribution in [3.8, 4) is 0 Å². The van der Waals surface area contributed by atoms with Crippen LogP contribution in [0, 0.1) is 5.41 Å². The molecule has 1 N–H and O–H groups in total. The van der Waals surface area contributed by atoms with E-state index in [1.165, 1.54) is 6.42 Å². The van der Waals surface area contributed by atoms with Crippen LogP contribution in [-0.4, -0.2) is 11.9 Å². The van der Waals surface area contributed by atoms with Gasteiger partial charge in [0.2, 0.25) is 5.91 Å². The van der Waals surface area contributed by atoms with Crippen molar-refractivity contribution in [1.29, 1.82) is 0 Å². The molecule has 0 spiro atoms. The molecule has 0 bridgehead atoms. The van der Waals surface area contributed by atoms with E-state index in [4.69, 9.17) is 0 Å². The van der Waals surface area contributed by atoms with Gasteiger partial charge in [0.15, 0.2) is 0 Å². The third kappa shape index (κ3) is 3.21. The Morgan fingerprint density at radius 1 is 1.54 bits per heavy atom. The molecule has 0 radical (unpaired) electrons. The highest BCUT2D eigenvalue weighted by Gasteiger charge is 2.31. The average Bonchev–Trinajstić information content (AvgIpc) is 2.30. The quantitative estimate of drug-likeness (QED) is 0.650. The second-order valence-corrected chi connectivity index (χ2v) is 4.61. The highest BCUT2D eigenvalue weighted by Crippen LogP contribution is 2.36. The summed E-state index contributed by atoms with van der Waals surface area (Å²) in [7, 11) is 0. The lowest BCUT2D eigenvalue weighted by Crippen LogP contribution is -2.32. The van der Waals surface area contributed by atoms with E-state index in [2.05, 4.69) is 19.2 Å². The molecule has 1 rings (SSSR count). The zero-order valence-corrected chi connectivity index (χ0v) is 8.76. The predicted molar refractivity (Wildman–Crippen MR) is 54.4 cm³/mol. The molecule has 0 aliphatic heterocycles. The Balaban J connectivity index is 2.36. The SMILES string of the molecule is C/C=C/C(=O)NC1CCC(C)(C)C1. The fraction of sp³-hybridized carbons (Fsp3) is 0.727. The molecular weight excluding hydrogens is 162 g/mol. The van der Waals surface area contributed by atoms with Gasteiger partial charge in [0, 0.05) is 6.04 Å². The first-order valence-corrected chi connectivity index (χ1v) is 4.97. The molecule has 1 fully saturated rings. The molecule has 0 aromatic carbocycles. The normalized spacial score (nSPS) is 26.5. The van der Waals surface area contributed by atoms with Crippen LogP contribution in [0.1, 0.15) is 40.0 Å². The van der Waals surface area contributed by atoms with Crippen LogP contribution in [0.3, 0.4) is 0 Å². The van der Waals surface area contributed by atoms with Gasteiger partial charge in [-0.15, -0.1) is 0 Å². The van der Waals surface area contributed by atoms with Crippen LogP contribution >= 0.6 is 0 Å². The summed E-state index contributed by atoms with van der Waals surface area (Å²) in [4.78, 5) is 11.2. The van der Waals surface area contributed by atoms with E-state index >= 15 is 0 Å². The first-order chi connectivity index (χ1) is 6.03. The number of amides is 1. The monoisotopic (exact) mass is 181 g/mol. The smallest absolute Gasteiger partial charge is 0.243 e. The minimum Gasteiger partial charge on any atom is -0.350 e. The van der Waals surface area contributed by atoms with Gasteiger partial charge in [0.25, 0.3) is 0 Å². The Bertz CT molecular complexity index is 218. The van der Waals surface area contributed by atoms with Crippen LogP contribution in [0.5, 0.6) is 0 Å². The Morgan fingerprint density at radius 3 is 2.69 bits per heavy atom. The van der Waals surface area contributed by atoms with E-state index in [1.807, 2.05) is 6.92 Å². The van der Waals surface area contributed by atoms with Gasteiger partial charge in [-0.2, -0.15) is 0 Å². The molecule has 1 aliphatic rings. The largest absolute Gasteiger partial charge is 0.350 e. The molecule has 2 heteroatoms. The Morgan fingerprint density at radius 2 is 2.23 bits per heavy atom. The highest BCUT2D eigenvalue weighted by molar-refractivity contribution is 5.87. The van der Waals surface area contributed by atoms with Gasteiger partial charge in [0.1, 0.15) is 0 Å². The minimum atomic E-state index is 0.0465. The number of carbonyl (C=O) groups is 1. The molecule has 0 aromatic rings. The predicted octanol–water partition coefficient (Wildman–Crippen LogP) is 2.26. The molecule has 0 aromatic heterocycles. The first kappa shape index (κ1) is 10.3.